The van der Waals surface area contributed by atoms with Crippen LogP contribution in [-0.2, 0) is 13.2 Å². The Kier molecular flexibility index (Phi) is 6.41. The first-order valence-corrected chi connectivity index (χ1v) is 12.2. The van der Waals surface area contributed by atoms with Crippen molar-refractivity contribution in [3.05, 3.63) is 64.7 Å². The second-order valence-corrected chi connectivity index (χ2v) is 9.46. The minimum atomic E-state index is -4.74. The summed E-state index contributed by atoms with van der Waals surface area (Å²) < 4.78 is 44.0. The highest BCUT2D eigenvalue weighted by Gasteiger charge is 2.36. The van der Waals surface area contributed by atoms with Crippen molar-refractivity contribution in [1.29, 1.82) is 0 Å². The predicted octanol–water partition coefficient (Wildman–Crippen LogP) is 4.64. The Hall–Kier alpha value is -4.22. The van der Waals surface area contributed by atoms with Crippen molar-refractivity contribution in [3.63, 3.8) is 0 Å². The van der Waals surface area contributed by atoms with E-state index in [2.05, 4.69) is 20.5 Å². The minimum Gasteiger partial charge on any atom is -0.337 e. The third-order valence-corrected chi connectivity index (χ3v) is 6.79. The van der Waals surface area contributed by atoms with Gasteiger partial charge in [0.15, 0.2) is 17.0 Å². The Bertz CT molecular complexity index is 1550. The van der Waals surface area contributed by atoms with Crippen molar-refractivity contribution >= 4 is 23.1 Å². The number of aromatic nitrogens is 5. The topological polar surface area (TPSA) is 97.4 Å². The molecule has 0 unspecified atom stereocenters. The van der Waals surface area contributed by atoms with Crippen molar-refractivity contribution in [2.24, 2.45) is 7.05 Å². The van der Waals surface area contributed by atoms with Crippen LogP contribution in [-0.4, -0.2) is 54.2 Å². The number of carbonyl (C=O) groups excluding carboxylic acids is 2. The molecule has 1 N–H and O–H groups in total. The van der Waals surface area contributed by atoms with E-state index in [1.165, 1.54) is 16.9 Å². The summed E-state index contributed by atoms with van der Waals surface area (Å²) in [6, 6.07) is 7.39. The molecule has 5 rings (SSSR count). The number of fused-ring (bicyclic) bond motifs is 1. The van der Waals surface area contributed by atoms with Gasteiger partial charge in [0.1, 0.15) is 5.69 Å². The molecule has 1 aromatic carbocycles. The summed E-state index contributed by atoms with van der Waals surface area (Å²) in [5.74, 6) is -1.05. The lowest BCUT2D eigenvalue weighted by Crippen LogP contribution is -2.37. The maximum Gasteiger partial charge on any atom is 0.433 e. The summed E-state index contributed by atoms with van der Waals surface area (Å²) in [5.41, 5.74) is 1.43. The van der Waals surface area contributed by atoms with Crippen LogP contribution in [0.1, 0.15) is 57.1 Å². The largest absolute Gasteiger partial charge is 0.433 e. The number of nitrogens with zero attached hydrogens (tertiary/aromatic N) is 6. The quantitative estimate of drug-likeness (QED) is 0.419. The van der Waals surface area contributed by atoms with E-state index in [4.69, 9.17) is 0 Å². The Labute approximate surface area is 216 Å². The van der Waals surface area contributed by atoms with Crippen molar-refractivity contribution in [2.45, 2.75) is 39.3 Å². The number of likely N-dealkylation sites (tertiary alicyclic amines) is 1. The fourth-order valence-corrected chi connectivity index (χ4v) is 4.55. The van der Waals surface area contributed by atoms with Gasteiger partial charge in [-0.2, -0.15) is 23.4 Å². The molecular formula is C26H26F3N7O2. The molecule has 0 aliphatic carbocycles. The SMILES string of the molecule is Cc1ccc(-c2cc(C(F)(F)F)n3nc(C(=O)Nc4cnn(C)c4C(=O)N4CCCCC4)cc3n2)cc1C. The van der Waals surface area contributed by atoms with Crippen LogP contribution in [0.5, 0.6) is 0 Å². The van der Waals surface area contributed by atoms with Crippen LogP contribution < -0.4 is 5.32 Å². The van der Waals surface area contributed by atoms with E-state index in [1.54, 1.807) is 24.1 Å². The molecule has 198 valence electrons. The number of hydrogen-bond donors (Lipinski definition) is 1. The van der Waals surface area contributed by atoms with Crippen LogP contribution in [0.25, 0.3) is 16.9 Å². The van der Waals surface area contributed by atoms with Gasteiger partial charge in [0.05, 0.1) is 17.6 Å². The molecule has 2 amide bonds. The van der Waals surface area contributed by atoms with Crippen LogP contribution in [0.4, 0.5) is 18.9 Å². The van der Waals surface area contributed by atoms with E-state index in [0.717, 1.165) is 36.5 Å². The highest BCUT2D eigenvalue weighted by Crippen LogP contribution is 2.33. The maximum absolute atomic E-state index is 14.0. The molecular weight excluding hydrogens is 499 g/mol. The fraction of sp³-hybridized carbons (Fsp3) is 0.346. The summed E-state index contributed by atoms with van der Waals surface area (Å²) in [6.45, 7) is 5.00. The lowest BCUT2D eigenvalue weighted by atomic mass is 10.0. The van der Waals surface area contributed by atoms with Crippen LogP contribution in [0.15, 0.2) is 36.5 Å². The summed E-state index contributed by atoms with van der Waals surface area (Å²) >= 11 is 0. The van der Waals surface area contributed by atoms with Gasteiger partial charge < -0.3 is 10.2 Å². The van der Waals surface area contributed by atoms with Crippen LogP contribution in [0.3, 0.4) is 0 Å². The standard InChI is InChI=1S/C26H26F3N7O2/c1-15-7-8-17(11-16(15)2)18-12-21(26(27,28)29)36-22(31-18)13-19(33-36)24(37)32-20-14-30-34(3)23(20)25(38)35-9-5-4-6-10-35/h7-8,11-14H,4-6,9-10H2,1-3H3,(H,32,37). The van der Waals surface area contributed by atoms with E-state index in [9.17, 15) is 22.8 Å². The number of benzene rings is 1. The molecule has 0 spiro atoms. The molecule has 0 radical (unpaired) electrons. The maximum atomic E-state index is 14.0. The molecule has 3 aromatic heterocycles. The molecule has 38 heavy (non-hydrogen) atoms. The van der Waals surface area contributed by atoms with Crippen LogP contribution in [0, 0.1) is 13.8 Å². The molecule has 1 saturated heterocycles. The number of hydrogen-bond acceptors (Lipinski definition) is 5. The lowest BCUT2D eigenvalue weighted by Gasteiger charge is -2.27. The third kappa shape index (κ3) is 4.73. The molecule has 1 aliphatic heterocycles. The number of amides is 2. The average molecular weight is 526 g/mol. The predicted molar refractivity (Wildman–Crippen MR) is 134 cm³/mol. The first-order valence-electron chi connectivity index (χ1n) is 12.2. The van der Waals surface area contributed by atoms with Crippen LogP contribution in [0.2, 0.25) is 0 Å². The number of piperidine rings is 1. The smallest absolute Gasteiger partial charge is 0.337 e. The van der Waals surface area contributed by atoms with Gasteiger partial charge in [0.25, 0.3) is 11.8 Å². The number of alkyl halides is 3. The molecule has 12 heteroatoms. The zero-order chi connectivity index (χ0) is 27.2. The second-order valence-electron chi connectivity index (χ2n) is 9.46. The zero-order valence-corrected chi connectivity index (χ0v) is 21.1. The van der Waals surface area contributed by atoms with Gasteiger partial charge in [0, 0.05) is 31.8 Å². The number of aryl methyl sites for hydroxylation is 3. The van der Waals surface area contributed by atoms with Gasteiger partial charge in [-0.1, -0.05) is 12.1 Å². The highest BCUT2D eigenvalue weighted by molar-refractivity contribution is 6.07. The van der Waals surface area contributed by atoms with Gasteiger partial charge in [-0.15, -0.1) is 0 Å². The molecule has 9 nitrogen and oxygen atoms in total. The third-order valence-electron chi connectivity index (χ3n) is 6.79. The van der Waals surface area contributed by atoms with E-state index in [-0.39, 0.29) is 34.3 Å². The van der Waals surface area contributed by atoms with E-state index < -0.39 is 17.8 Å². The molecule has 1 fully saturated rings. The van der Waals surface area contributed by atoms with Gasteiger partial charge in [-0.05, 0) is 56.4 Å². The van der Waals surface area contributed by atoms with Gasteiger partial charge >= 0.3 is 6.18 Å². The Morgan fingerprint density at radius 3 is 2.42 bits per heavy atom. The molecule has 4 heterocycles. The molecule has 0 saturated carbocycles. The number of anilines is 1. The van der Waals surface area contributed by atoms with Crippen molar-refractivity contribution in [2.75, 3.05) is 18.4 Å². The Morgan fingerprint density at radius 1 is 1.00 bits per heavy atom. The van der Waals surface area contributed by atoms with Gasteiger partial charge in [0.2, 0.25) is 0 Å². The number of nitrogens with one attached hydrogen (secondary N) is 1. The summed E-state index contributed by atoms with van der Waals surface area (Å²) in [5, 5.41) is 10.6. The number of carbonyl (C=O) groups is 2. The lowest BCUT2D eigenvalue weighted by molar-refractivity contribution is -0.142. The van der Waals surface area contributed by atoms with E-state index >= 15 is 0 Å². The van der Waals surface area contributed by atoms with Crippen molar-refractivity contribution in [1.82, 2.24) is 29.3 Å². The normalized spacial score (nSPS) is 14.2. The average Bonchev–Trinajstić information content (AvgIpc) is 3.48. The number of rotatable bonds is 4. The minimum absolute atomic E-state index is 0.112. The van der Waals surface area contributed by atoms with Crippen LogP contribution >= 0.6 is 0 Å². The molecule has 0 atom stereocenters. The Balaban J connectivity index is 1.50. The van der Waals surface area contributed by atoms with Gasteiger partial charge in [-0.3, -0.25) is 14.3 Å². The molecule has 1 aliphatic rings. The van der Waals surface area contributed by atoms with Gasteiger partial charge in [-0.25, -0.2) is 9.50 Å². The summed E-state index contributed by atoms with van der Waals surface area (Å²) in [6.07, 6.45) is -0.572. The zero-order valence-electron chi connectivity index (χ0n) is 21.1. The molecule has 0 bridgehead atoms. The fourth-order valence-electron chi connectivity index (χ4n) is 4.55. The Morgan fingerprint density at radius 2 is 1.74 bits per heavy atom. The van der Waals surface area contributed by atoms with E-state index in [0.29, 0.717) is 23.2 Å². The molecule has 4 aromatic rings. The monoisotopic (exact) mass is 525 g/mol. The highest BCUT2D eigenvalue weighted by atomic mass is 19.4. The van der Waals surface area contributed by atoms with Crippen molar-refractivity contribution in [3.8, 4) is 11.3 Å². The first kappa shape index (κ1) is 25.4. The summed E-state index contributed by atoms with van der Waals surface area (Å²) in [4.78, 5) is 32.2. The first-order chi connectivity index (χ1) is 18.0. The van der Waals surface area contributed by atoms with E-state index in [1.807, 2.05) is 19.9 Å². The second kappa shape index (κ2) is 9.58. The van der Waals surface area contributed by atoms with Crippen molar-refractivity contribution < 1.29 is 22.8 Å². The number of halogens is 3. The summed E-state index contributed by atoms with van der Waals surface area (Å²) in [7, 11) is 1.59.